The Labute approximate surface area is 361 Å². The zero-order chi connectivity index (χ0) is 42.3. The average molecular weight is 796 g/mol. The van der Waals surface area contributed by atoms with Crippen molar-refractivity contribution in [3.05, 3.63) is 183 Å². The van der Waals surface area contributed by atoms with E-state index in [2.05, 4.69) is 212 Å². The van der Waals surface area contributed by atoms with E-state index in [0.717, 1.165) is 22.9 Å². The first-order chi connectivity index (χ1) is 29.1. The second-order valence-electron chi connectivity index (χ2n) is 20.4. The standard InChI is InChI=1S/C57H53N3O/c1-32-28-33(2)49(34(3)29-32)60-52-45(30-39-50-47(52)56(8,9)37-22-14-18-26-43(37)58(50)41-24-16-12-20-35(41)54(39,4)5)61-46-31-40-51-48(53(46)60)57(10,11)38-23-15-19-27-44(38)59(51)42-25-17-13-21-36(42)55(40,6)7/h12-31H,1-11H3. The summed E-state index contributed by atoms with van der Waals surface area (Å²) in [5.74, 6) is 1.82. The fourth-order valence-electron chi connectivity index (χ4n) is 12.5. The number of hydrogen-bond acceptors (Lipinski definition) is 4. The van der Waals surface area contributed by atoms with E-state index in [1.165, 1.54) is 101 Å². The number of aryl methyl sites for hydroxylation is 3. The third-order valence-electron chi connectivity index (χ3n) is 15.3. The summed E-state index contributed by atoms with van der Waals surface area (Å²) in [7, 11) is 0. The van der Waals surface area contributed by atoms with Crippen molar-refractivity contribution < 1.29 is 4.74 Å². The SMILES string of the molecule is Cc1cc(C)c(N2c3c(cc4c5c3C(C)(C)c3ccccc3N5c3ccccc3C4(C)C)Oc3cc4c5c(c32)C(C)(C)c2ccccc2N5c2ccccc2C4(C)C)c(C)c1. The van der Waals surface area contributed by atoms with Crippen LogP contribution in [0, 0.1) is 20.8 Å². The van der Waals surface area contributed by atoms with Gasteiger partial charge in [0.1, 0.15) is 0 Å². The molecule has 0 bridgehead atoms. The fraction of sp³-hybridized carbons (Fsp3) is 0.263. The van der Waals surface area contributed by atoms with Gasteiger partial charge in [0.25, 0.3) is 0 Å². The molecule has 5 aliphatic heterocycles. The molecule has 5 aliphatic rings. The molecule has 4 heteroatoms. The predicted molar refractivity (Wildman–Crippen MR) is 253 cm³/mol. The van der Waals surface area contributed by atoms with Gasteiger partial charge >= 0.3 is 0 Å². The minimum Gasteiger partial charge on any atom is -0.453 e. The molecule has 0 spiro atoms. The maximum Gasteiger partial charge on any atom is 0.152 e. The summed E-state index contributed by atoms with van der Waals surface area (Å²) >= 11 is 0. The first-order valence-corrected chi connectivity index (χ1v) is 22.0. The summed E-state index contributed by atoms with van der Waals surface area (Å²) in [6.45, 7) is 26.2. The Morgan fingerprint density at radius 3 is 1.03 bits per heavy atom. The lowest BCUT2D eigenvalue weighted by Crippen LogP contribution is -2.41. The summed E-state index contributed by atoms with van der Waals surface area (Å²) in [6, 6.07) is 45.8. The van der Waals surface area contributed by atoms with Crippen LogP contribution in [0.5, 0.6) is 11.5 Å². The number of rotatable bonds is 1. The molecule has 0 N–H and O–H groups in total. The number of benzene rings is 7. The summed E-state index contributed by atoms with van der Waals surface area (Å²) in [5, 5.41) is 0. The monoisotopic (exact) mass is 795 g/mol. The second kappa shape index (κ2) is 11.6. The predicted octanol–water partition coefficient (Wildman–Crippen LogP) is 15.7. The third kappa shape index (κ3) is 4.36. The van der Waals surface area contributed by atoms with Gasteiger partial charge < -0.3 is 19.4 Å². The van der Waals surface area contributed by atoms with E-state index in [0.29, 0.717) is 0 Å². The molecule has 0 atom stereocenters. The Balaban J connectivity index is 1.28. The van der Waals surface area contributed by atoms with Gasteiger partial charge in [0.2, 0.25) is 0 Å². The van der Waals surface area contributed by atoms with Crippen LogP contribution in [-0.2, 0) is 21.7 Å². The molecule has 0 aromatic heterocycles. The molecular formula is C57H53N3O. The van der Waals surface area contributed by atoms with E-state index >= 15 is 0 Å². The van der Waals surface area contributed by atoms with Gasteiger partial charge in [0, 0.05) is 32.8 Å². The summed E-state index contributed by atoms with van der Waals surface area (Å²) < 4.78 is 7.72. The van der Waals surface area contributed by atoms with E-state index in [4.69, 9.17) is 4.74 Å². The fourth-order valence-corrected chi connectivity index (χ4v) is 12.5. The molecular weight excluding hydrogens is 743 g/mol. The van der Waals surface area contributed by atoms with E-state index in [1.807, 2.05) is 0 Å². The molecule has 5 heterocycles. The number of fused-ring (bicyclic) bond motifs is 12. The van der Waals surface area contributed by atoms with Crippen molar-refractivity contribution in [3.63, 3.8) is 0 Å². The van der Waals surface area contributed by atoms with Crippen LogP contribution < -0.4 is 19.4 Å². The average Bonchev–Trinajstić information content (AvgIpc) is 3.22. The highest BCUT2D eigenvalue weighted by Gasteiger charge is 2.53. The maximum atomic E-state index is 7.72. The molecule has 0 amide bonds. The molecule has 0 aliphatic carbocycles. The summed E-state index contributed by atoms with van der Waals surface area (Å²) in [6.07, 6.45) is 0. The number of hydrogen-bond donors (Lipinski definition) is 0. The van der Waals surface area contributed by atoms with Crippen molar-refractivity contribution in [1.29, 1.82) is 0 Å². The van der Waals surface area contributed by atoms with Gasteiger partial charge in [-0.15, -0.1) is 0 Å². The molecule has 302 valence electrons. The van der Waals surface area contributed by atoms with Crippen LogP contribution in [0.2, 0.25) is 0 Å². The Kier molecular flexibility index (Phi) is 6.93. The molecule has 4 nitrogen and oxygen atoms in total. The number of ether oxygens (including phenoxy) is 1. The molecule has 0 unspecified atom stereocenters. The Morgan fingerprint density at radius 1 is 0.344 bits per heavy atom. The van der Waals surface area contributed by atoms with Gasteiger partial charge in [-0.05, 0) is 102 Å². The lowest BCUT2D eigenvalue weighted by atomic mass is 9.64. The van der Waals surface area contributed by atoms with Crippen LogP contribution in [0.25, 0.3) is 0 Å². The normalized spacial score (nSPS) is 18.0. The van der Waals surface area contributed by atoms with E-state index in [9.17, 15) is 0 Å². The van der Waals surface area contributed by atoms with Crippen molar-refractivity contribution in [1.82, 2.24) is 0 Å². The number of para-hydroxylation sites is 4. The van der Waals surface area contributed by atoms with Crippen LogP contribution in [-0.4, -0.2) is 0 Å². The van der Waals surface area contributed by atoms with Crippen LogP contribution >= 0.6 is 0 Å². The highest BCUT2D eigenvalue weighted by atomic mass is 16.5. The topological polar surface area (TPSA) is 19.0 Å². The van der Waals surface area contributed by atoms with Crippen LogP contribution in [0.3, 0.4) is 0 Å². The largest absolute Gasteiger partial charge is 0.453 e. The van der Waals surface area contributed by atoms with Crippen LogP contribution in [0.1, 0.15) is 117 Å². The molecule has 7 aromatic rings. The zero-order valence-electron chi connectivity index (χ0n) is 37.3. The second-order valence-corrected chi connectivity index (χ2v) is 20.4. The van der Waals surface area contributed by atoms with E-state index in [1.54, 1.807) is 0 Å². The smallest absolute Gasteiger partial charge is 0.152 e. The highest BCUT2D eigenvalue weighted by molar-refractivity contribution is 6.05. The Bertz CT molecular complexity index is 2900. The van der Waals surface area contributed by atoms with Crippen LogP contribution in [0.15, 0.2) is 121 Å². The van der Waals surface area contributed by atoms with Crippen molar-refractivity contribution in [2.24, 2.45) is 0 Å². The maximum absolute atomic E-state index is 7.72. The summed E-state index contributed by atoms with van der Waals surface area (Å²) in [5.41, 5.74) is 23.8. The van der Waals surface area contributed by atoms with Gasteiger partial charge in [-0.25, -0.2) is 0 Å². The molecule has 61 heavy (non-hydrogen) atoms. The Morgan fingerprint density at radius 2 is 0.672 bits per heavy atom. The van der Waals surface area contributed by atoms with Gasteiger partial charge in [0.05, 0.1) is 51.2 Å². The minimum atomic E-state index is -0.392. The highest BCUT2D eigenvalue weighted by Crippen LogP contribution is 2.70. The molecule has 0 fully saturated rings. The van der Waals surface area contributed by atoms with Gasteiger partial charge in [-0.3, -0.25) is 0 Å². The lowest BCUT2D eigenvalue weighted by Gasteiger charge is -2.54. The molecule has 0 radical (unpaired) electrons. The van der Waals surface area contributed by atoms with Crippen molar-refractivity contribution >= 4 is 51.2 Å². The minimum absolute atomic E-state index is 0.293. The van der Waals surface area contributed by atoms with Gasteiger partial charge in [0.15, 0.2) is 11.5 Å². The first kappa shape index (κ1) is 36.6. The summed E-state index contributed by atoms with van der Waals surface area (Å²) in [4.78, 5) is 7.83. The quantitative estimate of drug-likeness (QED) is 0.165. The van der Waals surface area contributed by atoms with Gasteiger partial charge in [-0.1, -0.05) is 146 Å². The first-order valence-electron chi connectivity index (χ1n) is 22.0. The molecule has 7 aromatic carbocycles. The van der Waals surface area contributed by atoms with Gasteiger partial charge in [-0.2, -0.15) is 0 Å². The number of anilines is 9. The van der Waals surface area contributed by atoms with E-state index in [-0.39, 0.29) is 10.8 Å². The third-order valence-corrected chi connectivity index (χ3v) is 15.3. The molecule has 0 saturated carbocycles. The molecule has 0 saturated heterocycles. The van der Waals surface area contributed by atoms with Crippen molar-refractivity contribution in [3.8, 4) is 11.5 Å². The molecule has 12 rings (SSSR count). The Hall–Kier alpha value is -6.26. The lowest BCUT2D eigenvalue weighted by molar-refractivity contribution is 0.463. The van der Waals surface area contributed by atoms with Crippen molar-refractivity contribution in [2.75, 3.05) is 14.7 Å². The van der Waals surface area contributed by atoms with Crippen LogP contribution in [0.4, 0.5) is 51.2 Å². The van der Waals surface area contributed by atoms with E-state index < -0.39 is 10.8 Å². The van der Waals surface area contributed by atoms with Crippen molar-refractivity contribution in [2.45, 2.75) is 97.8 Å². The zero-order valence-corrected chi connectivity index (χ0v) is 37.3. The number of nitrogens with zero attached hydrogens (tertiary/aromatic N) is 3.